The molecule has 1 N–H and O–H groups in total. The number of hydrogen-bond acceptors (Lipinski definition) is 1. The summed E-state index contributed by atoms with van der Waals surface area (Å²) in [6.07, 6.45) is 35.5. The van der Waals surface area contributed by atoms with Gasteiger partial charge in [0, 0.05) is 29.9 Å². The molecule has 47 heavy (non-hydrogen) atoms. The quantitative estimate of drug-likeness (QED) is 0.268. The second kappa shape index (κ2) is 12.6. The second-order valence-corrected chi connectivity index (χ2v) is 18.4. The molecule has 1 aromatic heterocycles. The number of fused-ring (bicyclic) bond motifs is 3. The van der Waals surface area contributed by atoms with E-state index in [0.29, 0.717) is 17.8 Å². The van der Waals surface area contributed by atoms with Crippen LogP contribution in [0.15, 0.2) is 126 Å². The summed E-state index contributed by atoms with van der Waals surface area (Å²) in [6, 6.07) is 17.4. The predicted molar refractivity (Wildman–Crippen MR) is 205 cm³/mol. The summed E-state index contributed by atoms with van der Waals surface area (Å²) in [7, 11) is -2.60. The van der Waals surface area contributed by atoms with Crippen molar-refractivity contribution in [1.29, 1.82) is 0 Å². The Balaban J connectivity index is 1.41. The van der Waals surface area contributed by atoms with Crippen molar-refractivity contribution in [1.82, 2.24) is 9.88 Å². The van der Waals surface area contributed by atoms with Gasteiger partial charge in [-0.1, -0.05) is 129 Å². The summed E-state index contributed by atoms with van der Waals surface area (Å²) in [4.78, 5) is 0. The van der Waals surface area contributed by atoms with Crippen LogP contribution in [0, 0.1) is 11.8 Å². The van der Waals surface area contributed by atoms with E-state index in [9.17, 15) is 0 Å². The Kier molecular flexibility index (Phi) is 8.15. The first kappa shape index (κ1) is 30.4. The molecule has 0 fully saturated rings. The molecule has 0 bridgehead atoms. The molecule has 8 rings (SSSR count). The number of nitrogens with zero attached hydrogens (tertiary/aromatic N) is 1. The third-order valence-corrected chi connectivity index (χ3v) is 16.1. The normalized spacial score (nSPS) is 25.1. The van der Waals surface area contributed by atoms with Gasteiger partial charge in [-0.15, -0.1) is 0 Å². The van der Waals surface area contributed by atoms with Crippen molar-refractivity contribution in [3.8, 4) is 0 Å². The van der Waals surface area contributed by atoms with Crippen LogP contribution in [0.1, 0.15) is 82.0 Å². The fourth-order valence-electron chi connectivity index (χ4n) is 8.98. The number of aromatic nitrogens is 1. The van der Waals surface area contributed by atoms with Crippen LogP contribution < -0.4 is 15.7 Å². The maximum Gasteiger partial charge on any atom is 0.175 e. The van der Waals surface area contributed by atoms with Crippen LogP contribution in [0.5, 0.6) is 0 Å². The number of rotatable bonds is 6. The minimum Gasteiger partial charge on any atom is -0.316 e. The third-order valence-electron chi connectivity index (χ3n) is 11.1. The second-order valence-electron chi connectivity index (χ2n) is 14.6. The molecule has 2 heterocycles. The van der Waals surface area contributed by atoms with Crippen molar-refractivity contribution in [2.24, 2.45) is 11.8 Å². The topological polar surface area (TPSA) is 17.0 Å². The van der Waals surface area contributed by atoms with Gasteiger partial charge in [-0.3, -0.25) is 0 Å². The van der Waals surface area contributed by atoms with E-state index in [-0.39, 0.29) is 0 Å². The van der Waals surface area contributed by atoms with Crippen LogP contribution in [0.3, 0.4) is 0 Å². The Morgan fingerprint density at radius 1 is 0.851 bits per heavy atom. The van der Waals surface area contributed by atoms with Crippen LogP contribution in [-0.4, -0.2) is 19.2 Å². The van der Waals surface area contributed by atoms with Crippen molar-refractivity contribution in [3.05, 3.63) is 143 Å². The molecule has 0 saturated heterocycles. The van der Waals surface area contributed by atoms with E-state index in [2.05, 4.69) is 146 Å². The molecule has 3 unspecified atom stereocenters. The lowest BCUT2D eigenvalue weighted by Crippen LogP contribution is -2.62. The minimum absolute atomic E-state index is 0.465. The van der Waals surface area contributed by atoms with Gasteiger partial charge in [0.25, 0.3) is 0 Å². The average Bonchev–Trinajstić information content (AvgIpc) is 3.45. The molecule has 4 atom stereocenters. The van der Waals surface area contributed by atoms with E-state index < -0.39 is 8.07 Å². The van der Waals surface area contributed by atoms with E-state index in [0.717, 1.165) is 51.6 Å². The molecular formula is C44H48N2Si. The van der Waals surface area contributed by atoms with Gasteiger partial charge in [0.05, 0.1) is 5.52 Å². The lowest BCUT2D eigenvalue weighted by Gasteiger charge is -2.39. The predicted octanol–water partition coefficient (Wildman–Crippen LogP) is 9.46. The highest BCUT2D eigenvalue weighted by Gasteiger charge is 2.44. The summed E-state index contributed by atoms with van der Waals surface area (Å²) < 4.78 is 2.62. The molecule has 0 radical (unpaired) electrons. The summed E-state index contributed by atoms with van der Waals surface area (Å²) in [5, 5.41) is 11.4. The third kappa shape index (κ3) is 5.29. The lowest BCUT2D eigenvalue weighted by molar-refractivity contribution is 0.559. The first-order valence-electron chi connectivity index (χ1n) is 18.0. The zero-order valence-electron chi connectivity index (χ0n) is 28.3. The molecule has 0 amide bonds. The van der Waals surface area contributed by atoms with Crippen molar-refractivity contribution in [3.63, 3.8) is 0 Å². The lowest BCUT2D eigenvalue weighted by atomic mass is 9.94. The number of allylic oxidation sites excluding steroid dienone is 16. The number of benzene rings is 2. The molecule has 238 valence electrons. The van der Waals surface area contributed by atoms with Gasteiger partial charge < -0.3 is 9.88 Å². The molecule has 0 spiro atoms. The molecular weight excluding hydrogens is 585 g/mol. The molecule has 2 aromatic carbocycles. The highest BCUT2D eigenvalue weighted by atomic mass is 28.3. The molecule has 5 aliphatic rings. The van der Waals surface area contributed by atoms with Gasteiger partial charge in [-0.05, 0) is 101 Å². The molecule has 2 nitrogen and oxygen atoms in total. The average molecular weight is 633 g/mol. The Labute approximate surface area is 282 Å². The summed E-state index contributed by atoms with van der Waals surface area (Å²) >= 11 is 0. The van der Waals surface area contributed by atoms with Gasteiger partial charge in [0.2, 0.25) is 0 Å². The van der Waals surface area contributed by atoms with Gasteiger partial charge in [-0.2, -0.15) is 0 Å². The first-order chi connectivity index (χ1) is 23.0. The summed E-state index contributed by atoms with van der Waals surface area (Å²) in [5.74, 6) is 1.59. The van der Waals surface area contributed by atoms with Crippen LogP contribution in [0.2, 0.25) is 0 Å². The van der Waals surface area contributed by atoms with Gasteiger partial charge >= 0.3 is 0 Å². The van der Waals surface area contributed by atoms with Crippen molar-refractivity contribution < 1.29 is 0 Å². The first-order valence-corrected chi connectivity index (χ1v) is 20.0. The van der Waals surface area contributed by atoms with E-state index in [1.807, 2.05) is 0 Å². The van der Waals surface area contributed by atoms with Crippen LogP contribution in [0.4, 0.5) is 0 Å². The largest absolute Gasteiger partial charge is 0.316 e. The Hall–Kier alpha value is -3.92. The van der Waals surface area contributed by atoms with Gasteiger partial charge in [0.1, 0.15) is 0 Å². The van der Waals surface area contributed by atoms with E-state index >= 15 is 0 Å². The van der Waals surface area contributed by atoms with Crippen LogP contribution >= 0.6 is 0 Å². The molecule has 3 heteroatoms. The van der Waals surface area contributed by atoms with Crippen molar-refractivity contribution >= 4 is 40.6 Å². The zero-order valence-corrected chi connectivity index (χ0v) is 29.3. The SMILES string of the molecule is CC1C=C(c2cccc([Si](C3=CCCC=C3)(C3=CC=CCC3)c3ccc4c(c3)c3c(n4C4=CC=C[C@H](C)C4)CNCC3C)c2)C=CC1. The summed E-state index contributed by atoms with van der Waals surface area (Å²) in [5.41, 5.74) is 8.53. The Morgan fingerprint density at radius 3 is 2.57 bits per heavy atom. The fourth-order valence-corrected chi connectivity index (χ4v) is 14.2. The van der Waals surface area contributed by atoms with E-state index in [4.69, 9.17) is 0 Å². The Morgan fingerprint density at radius 2 is 1.77 bits per heavy atom. The monoisotopic (exact) mass is 632 g/mol. The molecule has 4 aliphatic carbocycles. The maximum atomic E-state index is 3.75. The smallest absolute Gasteiger partial charge is 0.175 e. The minimum atomic E-state index is -2.60. The van der Waals surface area contributed by atoms with E-state index in [1.54, 1.807) is 16.0 Å². The maximum absolute atomic E-state index is 3.75. The van der Waals surface area contributed by atoms with Gasteiger partial charge in [0.15, 0.2) is 8.07 Å². The molecule has 1 aliphatic heterocycles. The van der Waals surface area contributed by atoms with Gasteiger partial charge in [-0.25, -0.2) is 0 Å². The number of nitrogens with one attached hydrogen (secondary N) is 1. The summed E-state index contributed by atoms with van der Waals surface area (Å²) in [6.45, 7) is 9.05. The van der Waals surface area contributed by atoms with E-state index in [1.165, 1.54) is 43.8 Å². The van der Waals surface area contributed by atoms with Crippen molar-refractivity contribution in [2.45, 2.75) is 71.8 Å². The molecule has 3 aromatic rings. The number of hydrogen-bond donors (Lipinski definition) is 1. The highest BCUT2D eigenvalue weighted by molar-refractivity contribution is 7.12. The Bertz CT molecular complexity index is 1970. The van der Waals surface area contributed by atoms with Crippen LogP contribution in [-0.2, 0) is 6.54 Å². The zero-order chi connectivity index (χ0) is 32.0. The molecule has 0 saturated carbocycles. The van der Waals surface area contributed by atoms with Crippen LogP contribution in [0.25, 0.3) is 22.2 Å². The fraction of sp³-hybridized carbons (Fsp3) is 0.318. The van der Waals surface area contributed by atoms with Crippen molar-refractivity contribution in [2.75, 3.05) is 6.54 Å². The standard InChI is InChI=1S/C44H48N2Si/c1-31-13-10-15-34(25-31)35-16-12-22-39(27-35)47(37-18-6-4-7-19-37,38-20-8-5-9-21-38)40-23-24-42-41(28-40)44-33(3)29-45-30-43(44)46(42)36-17-11-14-32(2)26-36/h4,6,8,10-12,14-18,20-25,27-28,31-33,45H,5,7,9,13,19,26,29-30H2,1-3H3/t31?,32-,33?,47?/m0/s1. The highest BCUT2D eigenvalue weighted by Crippen LogP contribution is 2.40.